The molecular formula is C19H22N6O. The highest BCUT2D eigenvalue weighted by Gasteiger charge is 2.17. The van der Waals surface area contributed by atoms with E-state index in [2.05, 4.69) is 20.4 Å². The topological polar surface area (TPSA) is 75.9 Å². The van der Waals surface area contributed by atoms with E-state index in [1.165, 1.54) is 6.33 Å². The number of carbonyl (C=O) groups is 1. The van der Waals surface area contributed by atoms with E-state index in [-0.39, 0.29) is 12.1 Å². The van der Waals surface area contributed by atoms with Crippen molar-refractivity contribution in [3.63, 3.8) is 0 Å². The maximum atomic E-state index is 12.4. The molecule has 0 unspecified atom stereocenters. The minimum Gasteiger partial charge on any atom is -0.338 e. The third kappa shape index (κ3) is 4.24. The number of carbonyl (C=O) groups excluding carboxylic acids is 1. The van der Waals surface area contributed by atoms with E-state index < -0.39 is 0 Å². The Kier molecular flexibility index (Phi) is 5.58. The maximum Gasteiger partial charge on any atom is 0.317 e. The van der Waals surface area contributed by atoms with Crippen molar-refractivity contribution in [1.82, 2.24) is 30.0 Å². The number of aromatic nitrogens is 4. The Bertz CT molecular complexity index is 817. The summed E-state index contributed by atoms with van der Waals surface area (Å²) in [4.78, 5) is 22.1. The van der Waals surface area contributed by atoms with E-state index in [0.29, 0.717) is 6.54 Å². The summed E-state index contributed by atoms with van der Waals surface area (Å²) in [7, 11) is 1.80. The van der Waals surface area contributed by atoms with E-state index in [0.717, 1.165) is 23.2 Å². The fourth-order valence-electron chi connectivity index (χ4n) is 2.63. The van der Waals surface area contributed by atoms with Crippen LogP contribution in [0.1, 0.15) is 24.1 Å². The van der Waals surface area contributed by atoms with Crippen LogP contribution in [-0.4, -0.2) is 44.3 Å². The molecule has 134 valence electrons. The second kappa shape index (κ2) is 8.24. The molecule has 0 saturated heterocycles. The molecule has 0 fully saturated rings. The SMILES string of the molecule is C[C@H](c1ccc(-n2cncn2)cc1)N(C)C(=O)NCCc1cccnc1. The molecular weight excluding hydrogens is 328 g/mol. The summed E-state index contributed by atoms with van der Waals surface area (Å²) in [5, 5.41) is 7.06. The van der Waals surface area contributed by atoms with Crippen molar-refractivity contribution in [2.24, 2.45) is 0 Å². The Hall–Kier alpha value is -3.22. The minimum atomic E-state index is -0.0956. The molecule has 1 aromatic carbocycles. The quantitative estimate of drug-likeness (QED) is 0.741. The first-order chi connectivity index (χ1) is 12.6. The molecule has 3 rings (SSSR count). The average Bonchev–Trinajstić information content (AvgIpc) is 3.22. The zero-order valence-electron chi connectivity index (χ0n) is 14.9. The van der Waals surface area contributed by atoms with Gasteiger partial charge in [-0.25, -0.2) is 14.5 Å². The van der Waals surface area contributed by atoms with Gasteiger partial charge in [0.05, 0.1) is 11.7 Å². The van der Waals surface area contributed by atoms with Crippen LogP contribution in [0.3, 0.4) is 0 Å². The molecule has 0 spiro atoms. The summed E-state index contributed by atoms with van der Waals surface area (Å²) in [5.74, 6) is 0. The highest BCUT2D eigenvalue weighted by atomic mass is 16.2. The molecule has 0 aliphatic carbocycles. The van der Waals surface area contributed by atoms with E-state index in [1.54, 1.807) is 29.2 Å². The van der Waals surface area contributed by atoms with Gasteiger partial charge in [-0.1, -0.05) is 18.2 Å². The smallest absolute Gasteiger partial charge is 0.317 e. The number of urea groups is 1. The third-order valence-electron chi connectivity index (χ3n) is 4.37. The molecule has 0 radical (unpaired) electrons. The van der Waals surface area contributed by atoms with Crippen molar-refractivity contribution in [3.05, 3.63) is 72.6 Å². The highest BCUT2D eigenvalue weighted by molar-refractivity contribution is 5.74. The highest BCUT2D eigenvalue weighted by Crippen LogP contribution is 2.20. The second-order valence-electron chi connectivity index (χ2n) is 6.06. The van der Waals surface area contributed by atoms with E-state index in [9.17, 15) is 4.79 Å². The predicted molar refractivity (Wildman–Crippen MR) is 98.9 cm³/mol. The van der Waals surface area contributed by atoms with Gasteiger partial charge < -0.3 is 10.2 Å². The first kappa shape index (κ1) is 17.6. The van der Waals surface area contributed by atoms with Gasteiger partial charge >= 0.3 is 6.03 Å². The first-order valence-electron chi connectivity index (χ1n) is 8.49. The molecule has 2 aromatic heterocycles. The summed E-state index contributed by atoms with van der Waals surface area (Å²) in [6.07, 6.45) is 7.47. The van der Waals surface area contributed by atoms with Crippen molar-refractivity contribution >= 4 is 6.03 Å². The lowest BCUT2D eigenvalue weighted by molar-refractivity contribution is 0.194. The molecule has 3 aromatic rings. The molecule has 1 atom stereocenters. The van der Waals surface area contributed by atoms with E-state index >= 15 is 0 Å². The van der Waals surface area contributed by atoms with Gasteiger partial charge in [-0.3, -0.25) is 4.98 Å². The standard InChI is InChI=1S/C19H22N6O/c1-15(17-5-7-18(8-6-17)25-14-21-13-23-25)24(2)19(26)22-11-9-16-4-3-10-20-12-16/h3-8,10,12-15H,9,11H2,1-2H3,(H,22,26)/t15-/m1/s1. The van der Waals surface area contributed by atoms with Crippen LogP contribution in [0.2, 0.25) is 0 Å². The van der Waals surface area contributed by atoms with Gasteiger partial charge in [0.1, 0.15) is 12.7 Å². The van der Waals surface area contributed by atoms with Gasteiger partial charge in [-0.05, 0) is 42.7 Å². The molecule has 2 heterocycles. The Morgan fingerprint density at radius 1 is 1.23 bits per heavy atom. The Morgan fingerprint density at radius 3 is 2.69 bits per heavy atom. The largest absolute Gasteiger partial charge is 0.338 e. The van der Waals surface area contributed by atoms with Gasteiger partial charge in [-0.15, -0.1) is 0 Å². The van der Waals surface area contributed by atoms with Crippen molar-refractivity contribution in [3.8, 4) is 5.69 Å². The van der Waals surface area contributed by atoms with E-state index in [1.807, 2.05) is 49.5 Å². The third-order valence-corrected chi connectivity index (χ3v) is 4.37. The lowest BCUT2D eigenvalue weighted by atomic mass is 10.1. The molecule has 0 aliphatic rings. The van der Waals surface area contributed by atoms with Crippen LogP contribution < -0.4 is 5.32 Å². The van der Waals surface area contributed by atoms with Crippen LogP contribution in [0.25, 0.3) is 5.69 Å². The summed E-state index contributed by atoms with van der Waals surface area (Å²) in [5.41, 5.74) is 3.09. The number of hydrogen-bond donors (Lipinski definition) is 1. The Morgan fingerprint density at radius 2 is 2.04 bits per heavy atom. The van der Waals surface area contributed by atoms with Crippen LogP contribution in [0.15, 0.2) is 61.4 Å². The molecule has 0 aliphatic heterocycles. The molecule has 7 nitrogen and oxygen atoms in total. The van der Waals surface area contributed by atoms with Gasteiger partial charge in [0.2, 0.25) is 0 Å². The fraction of sp³-hybridized carbons (Fsp3) is 0.263. The fourth-order valence-corrected chi connectivity index (χ4v) is 2.63. The van der Waals surface area contributed by atoms with Gasteiger partial charge in [0.15, 0.2) is 0 Å². The number of nitrogens with one attached hydrogen (secondary N) is 1. The zero-order valence-corrected chi connectivity index (χ0v) is 14.9. The van der Waals surface area contributed by atoms with Crippen LogP contribution in [0, 0.1) is 0 Å². The number of benzene rings is 1. The normalized spacial score (nSPS) is 11.8. The van der Waals surface area contributed by atoms with Crippen LogP contribution in [-0.2, 0) is 6.42 Å². The monoisotopic (exact) mass is 350 g/mol. The van der Waals surface area contributed by atoms with Crippen LogP contribution in [0.4, 0.5) is 4.79 Å². The molecule has 26 heavy (non-hydrogen) atoms. The molecule has 1 N–H and O–H groups in total. The number of amides is 2. The zero-order chi connectivity index (χ0) is 18.4. The minimum absolute atomic E-state index is 0.0433. The van der Waals surface area contributed by atoms with Gasteiger partial charge in [-0.2, -0.15) is 5.10 Å². The average molecular weight is 350 g/mol. The molecule has 0 bridgehead atoms. The van der Waals surface area contributed by atoms with Gasteiger partial charge in [0, 0.05) is 26.0 Å². The predicted octanol–water partition coefficient (Wildman–Crippen LogP) is 2.61. The summed E-state index contributed by atoms with van der Waals surface area (Å²) in [6, 6.07) is 11.7. The number of pyridine rings is 1. The van der Waals surface area contributed by atoms with E-state index in [4.69, 9.17) is 0 Å². The Balaban J connectivity index is 1.54. The molecule has 0 saturated carbocycles. The van der Waals surface area contributed by atoms with Crippen molar-refractivity contribution in [2.45, 2.75) is 19.4 Å². The van der Waals surface area contributed by atoms with Crippen molar-refractivity contribution in [1.29, 1.82) is 0 Å². The van der Waals surface area contributed by atoms with Gasteiger partial charge in [0.25, 0.3) is 0 Å². The second-order valence-corrected chi connectivity index (χ2v) is 6.06. The van der Waals surface area contributed by atoms with Crippen molar-refractivity contribution in [2.75, 3.05) is 13.6 Å². The summed E-state index contributed by atoms with van der Waals surface area (Å²) < 4.78 is 1.70. The Labute approximate surface area is 152 Å². The lowest BCUT2D eigenvalue weighted by Gasteiger charge is -2.25. The summed E-state index contributed by atoms with van der Waals surface area (Å²) >= 11 is 0. The van der Waals surface area contributed by atoms with Crippen LogP contribution >= 0.6 is 0 Å². The lowest BCUT2D eigenvalue weighted by Crippen LogP contribution is -2.39. The van der Waals surface area contributed by atoms with Crippen LogP contribution in [0.5, 0.6) is 0 Å². The van der Waals surface area contributed by atoms with Crippen molar-refractivity contribution < 1.29 is 4.79 Å². The summed E-state index contributed by atoms with van der Waals surface area (Å²) in [6.45, 7) is 2.58. The molecule has 2 amide bonds. The first-order valence-corrected chi connectivity index (χ1v) is 8.49. The number of rotatable bonds is 6. The number of hydrogen-bond acceptors (Lipinski definition) is 4. The maximum absolute atomic E-state index is 12.4. The molecule has 7 heteroatoms. The number of nitrogens with zero attached hydrogens (tertiary/aromatic N) is 5.